The van der Waals surface area contributed by atoms with Crippen LogP contribution in [0.1, 0.15) is 5.56 Å². The molecule has 0 radical (unpaired) electrons. The maximum absolute atomic E-state index is 5.29. The number of rotatable bonds is 2. The summed E-state index contributed by atoms with van der Waals surface area (Å²) in [7, 11) is 0. The summed E-state index contributed by atoms with van der Waals surface area (Å²) in [6.45, 7) is 0.701. The van der Waals surface area contributed by atoms with Crippen molar-refractivity contribution in [2.45, 2.75) is 6.54 Å². The number of halogens is 1. The lowest BCUT2D eigenvalue weighted by molar-refractivity contribution is 0.920. The first-order chi connectivity index (χ1) is 5.68. The Morgan fingerprint density at radius 1 is 1.42 bits per heavy atom. The van der Waals surface area contributed by atoms with Gasteiger partial charge in [0.05, 0.1) is 0 Å². The molecule has 0 aliphatic rings. The van der Waals surface area contributed by atoms with Crippen LogP contribution in [0.2, 0.25) is 0 Å². The fourth-order valence-electron chi connectivity index (χ4n) is 0.791. The Morgan fingerprint density at radius 3 is 2.50 bits per heavy atom. The first-order valence-electron chi connectivity index (χ1n) is 3.46. The highest BCUT2D eigenvalue weighted by Crippen LogP contribution is 2.05. The molecule has 0 fully saturated rings. The van der Waals surface area contributed by atoms with Crippen LogP contribution in [0.3, 0.4) is 0 Å². The van der Waals surface area contributed by atoms with Gasteiger partial charge >= 0.3 is 0 Å². The fraction of sp³-hybridized carbons (Fsp3) is 0.125. The summed E-state index contributed by atoms with van der Waals surface area (Å²) >= 11 is 6.95. The van der Waals surface area contributed by atoms with Gasteiger partial charge in [0.1, 0.15) is 0 Å². The van der Waals surface area contributed by atoms with E-state index in [2.05, 4.69) is 52.3 Å². The molecule has 0 saturated heterocycles. The summed E-state index contributed by atoms with van der Waals surface area (Å²) in [5.41, 5.74) is 6.47. The minimum atomic E-state index is 0.341. The van der Waals surface area contributed by atoms with Gasteiger partial charge in [0, 0.05) is 10.1 Å². The smallest absolute Gasteiger partial charge is 0.163 e. The molecular weight excluding hydrogens is 283 g/mol. The second-order valence-electron chi connectivity index (χ2n) is 2.34. The lowest BCUT2D eigenvalue weighted by Crippen LogP contribution is -2.28. The van der Waals surface area contributed by atoms with E-state index in [4.69, 9.17) is 5.73 Å². The summed E-state index contributed by atoms with van der Waals surface area (Å²) in [5.74, 6) is 0. The molecular formula is C8H9IN2S. The SMILES string of the molecule is NC(=S)NCc1ccc(I)cc1. The Morgan fingerprint density at radius 2 is 2.00 bits per heavy atom. The molecule has 64 valence electrons. The van der Waals surface area contributed by atoms with Gasteiger partial charge in [0.15, 0.2) is 5.11 Å². The van der Waals surface area contributed by atoms with Crippen molar-refractivity contribution in [2.75, 3.05) is 0 Å². The first-order valence-corrected chi connectivity index (χ1v) is 4.95. The normalized spacial score (nSPS) is 9.42. The number of benzene rings is 1. The Kier molecular flexibility index (Phi) is 3.74. The highest BCUT2D eigenvalue weighted by Gasteiger charge is 1.92. The summed E-state index contributed by atoms with van der Waals surface area (Å²) in [6.07, 6.45) is 0. The van der Waals surface area contributed by atoms with Crippen LogP contribution in [0.15, 0.2) is 24.3 Å². The van der Waals surface area contributed by atoms with Crippen molar-refractivity contribution in [3.05, 3.63) is 33.4 Å². The number of hydrogen-bond donors (Lipinski definition) is 2. The lowest BCUT2D eigenvalue weighted by Gasteiger charge is -2.03. The van der Waals surface area contributed by atoms with Crippen molar-refractivity contribution in [1.82, 2.24) is 5.32 Å². The molecule has 12 heavy (non-hydrogen) atoms. The molecule has 0 heterocycles. The van der Waals surface area contributed by atoms with Gasteiger partial charge < -0.3 is 11.1 Å². The molecule has 0 aromatic heterocycles. The van der Waals surface area contributed by atoms with Crippen LogP contribution in [0.25, 0.3) is 0 Å². The van der Waals surface area contributed by atoms with E-state index in [1.54, 1.807) is 0 Å². The minimum absolute atomic E-state index is 0.341. The second-order valence-corrected chi connectivity index (χ2v) is 4.03. The molecule has 1 aromatic rings. The van der Waals surface area contributed by atoms with Gasteiger partial charge in [-0.25, -0.2) is 0 Å². The van der Waals surface area contributed by atoms with E-state index < -0.39 is 0 Å². The van der Waals surface area contributed by atoms with Crippen LogP contribution in [0.4, 0.5) is 0 Å². The molecule has 0 aliphatic heterocycles. The van der Waals surface area contributed by atoms with E-state index in [0.717, 1.165) is 0 Å². The zero-order valence-electron chi connectivity index (χ0n) is 6.38. The predicted octanol–water partition coefficient (Wildman–Crippen LogP) is 1.62. The number of nitrogens with two attached hydrogens (primary N) is 1. The van der Waals surface area contributed by atoms with E-state index in [-0.39, 0.29) is 0 Å². The van der Waals surface area contributed by atoms with Crippen LogP contribution in [0.5, 0.6) is 0 Å². The molecule has 0 unspecified atom stereocenters. The third-order valence-corrected chi connectivity index (χ3v) is 2.24. The van der Waals surface area contributed by atoms with Crippen molar-refractivity contribution in [1.29, 1.82) is 0 Å². The van der Waals surface area contributed by atoms with Crippen LogP contribution >= 0.6 is 34.8 Å². The van der Waals surface area contributed by atoms with Crippen molar-refractivity contribution in [2.24, 2.45) is 5.73 Å². The van der Waals surface area contributed by atoms with Crippen LogP contribution < -0.4 is 11.1 Å². The van der Waals surface area contributed by atoms with Crippen molar-refractivity contribution >= 4 is 39.9 Å². The predicted molar refractivity (Wildman–Crippen MR) is 62.8 cm³/mol. The van der Waals surface area contributed by atoms with E-state index >= 15 is 0 Å². The molecule has 4 heteroatoms. The zero-order chi connectivity index (χ0) is 8.97. The molecule has 0 atom stereocenters. The van der Waals surface area contributed by atoms with Crippen molar-refractivity contribution in [3.63, 3.8) is 0 Å². The van der Waals surface area contributed by atoms with E-state index in [1.165, 1.54) is 9.13 Å². The highest BCUT2D eigenvalue weighted by molar-refractivity contribution is 14.1. The van der Waals surface area contributed by atoms with Crippen molar-refractivity contribution in [3.8, 4) is 0 Å². The van der Waals surface area contributed by atoms with Gasteiger partial charge in [-0.2, -0.15) is 0 Å². The Hall–Kier alpha value is -0.360. The number of hydrogen-bond acceptors (Lipinski definition) is 1. The van der Waals surface area contributed by atoms with Crippen LogP contribution in [-0.4, -0.2) is 5.11 Å². The molecule has 0 aliphatic carbocycles. The molecule has 0 saturated carbocycles. The van der Waals surface area contributed by atoms with E-state index in [9.17, 15) is 0 Å². The molecule has 3 N–H and O–H groups in total. The molecule has 0 amide bonds. The van der Waals surface area contributed by atoms with Gasteiger partial charge in [0.2, 0.25) is 0 Å². The molecule has 0 bridgehead atoms. The number of nitrogens with one attached hydrogen (secondary N) is 1. The standard InChI is InChI=1S/C8H9IN2S/c9-7-3-1-6(2-4-7)5-11-8(10)12/h1-4H,5H2,(H3,10,11,12). The first kappa shape index (κ1) is 9.73. The summed E-state index contributed by atoms with van der Waals surface area (Å²) in [6, 6.07) is 8.20. The minimum Gasteiger partial charge on any atom is -0.376 e. The monoisotopic (exact) mass is 292 g/mol. The largest absolute Gasteiger partial charge is 0.376 e. The maximum atomic E-state index is 5.29. The molecule has 2 nitrogen and oxygen atoms in total. The van der Waals surface area contributed by atoms with E-state index in [1.807, 2.05) is 12.1 Å². The average molecular weight is 292 g/mol. The third-order valence-electron chi connectivity index (χ3n) is 1.38. The topological polar surface area (TPSA) is 38.0 Å². The molecule has 0 spiro atoms. The fourth-order valence-corrected chi connectivity index (χ4v) is 1.22. The number of thiocarbonyl (C=S) groups is 1. The lowest BCUT2D eigenvalue weighted by atomic mass is 10.2. The summed E-state index contributed by atoms with van der Waals surface area (Å²) < 4.78 is 1.23. The van der Waals surface area contributed by atoms with Gasteiger partial charge in [-0.15, -0.1) is 0 Å². The van der Waals surface area contributed by atoms with Gasteiger partial charge in [-0.05, 0) is 52.5 Å². The maximum Gasteiger partial charge on any atom is 0.163 e. The van der Waals surface area contributed by atoms with Gasteiger partial charge in [-0.3, -0.25) is 0 Å². The molecule has 1 rings (SSSR count). The summed E-state index contributed by atoms with van der Waals surface area (Å²) in [5, 5.41) is 3.23. The quantitative estimate of drug-likeness (QED) is 0.642. The molecule has 1 aromatic carbocycles. The summed E-state index contributed by atoms with van der Waals surface area (Å²) in [4.78, 5) is 0. The van der Waals surface area contributed by atoms with Gasteiger partial charge in [-0.1, -0.05) is 12.1 Å². The Labute approximate surface area is 90.7 Å². The Bertz CT molecular complexity index is 271. The highest BCUT2D eigenvalue weighted by atomic mass is 127. The second kappa shape index (κ2) is 4.61. The van der Waals surface area contributed by atoms with Crippen LogP contribution in [0, 0.1) is 3.57 Å². The van der Waals surface area contributed by atoms with Crippen molar-refractivity contribution < 1.29 is 0 Å². The Balaban J connectivity index is 2.53. The average Bonchev–Trinajstić information content (AvgIpc) is 2.03. The van der Waals surface area contributed by atoms with Crippen LogP contribution in [-0.2, 0) is 6.54 Å². The van der Waals surface area contributed by atoms with Gasteiger partial charge in [0.25, 0.3) is 0 Å². The van der Waals surface area contributed by atoms with E-state index in [0.29, 0.717) is 11.7 Å². The third kappa shape index (κ3) is 3.36. The zero-order valence-corrected chi connectivity index (χ0v) is 9.35.